The summed E-state index contributed by atoms with van der Waals surface area (Å²) in [5.41, 5.74) is 1.80. The molecule has 0 spiro atoms. The summed E-state index contributed by atoms with van der Waals surface area (Å²) in [6.45, 7) is 4.02. The molecule has 0 aromatic heterocycles. The summed E-state index contributed by atoms with van der Waals surface area (Å²) >= 11 is 0. The van der Waals surface area contributed by atoms with E-state index in [2.05, 4.69) is 4.90 Å². The normalized spacial score (nSPS) is 31.4. The number of aliphatic hydroxyl groups excluding tert-OH is 1. The van der Waals surface area contributed by atoms with Crippen LogP contribution < -0.4 is 0 Å². The molecule has 4 bridgehead atoms. The van der Waals surface area contributed by atoms with Crippen LogP contribution in [0.2, 0.25) is 0 Å². The zero-order valence-corrected chi connectivity index (χ0v) is 23.0. The Bertz CT molecular complexity index is 1160. The third-order valence-corrected chi connectivity index (χ3v) is 10.7. The number of hydrogen-bond donors (Lipinski definition) is 1. The van der Waals surface area contributed by atoms with Gasteiger partial charge in [0.25, 0.3) is 11.8 Å². The van der Waals surface area contributed by atoms with Gasteiger partial charge < -0.3 is 14.7 Å². The molecule has 0 radical (unpaired) electrons. The van der Waals surface area contributed by atoms with Gasteiger partial charge in [0.05, 0.1) is 12.7 Å². The first kappa shape index (κ1) is 25.7. The lowest BCUT2D eigenvalue weighted by Crippen LogP contribution is -2.47. The van der Waals surface area contributed by atoms with Gasteiger partial charge >= 0.3 is 0 Å². The molecule has 6 heteroatoms. The van der Waals surface area contributed by atoms with Gasteiger partial charge in [-0.3, -0.25) is 14.5 Å². The standard InChI is InChI=1S/C33H42N2O4/c36-27(21-39-12-9-33-16-23-13-24(17-33)15-25(14-23)18-33)20-34-10-7-22(8-11-34)19-35-31(37)28-5-1-3-26-4-2-6-29(30(26)28)32(35)38/h1-6,22-25,27,36H,7-21H2/t23?,24?,25?,27-,33?/m1/s1. The van der Waals surface area contributed by atoms with Crippen LogP contribution in [0.15, 0.2) is 36.4 Å². The monoisotopic (exact) mass is 530 g/mol. The molecule has 2 aromatic carbocycles. The van der Waals surface area contributed by atoms with E-state index in [0.29, 0.717) is 36.2 Å². The van der Waals surface area contributed by atoms with E-state index in [4.69, 9.17) is 4.74 Å². The van der Waals surface area contributed by atoms with E-state index in [9.17, 15) is 14.7 Å². The highest BCUT2D eigenvalue weighted by Gasteiger charge is 2.50. The Morgan fingerprint density at radius 2 is 1.49 bits per heavy atom. The second-order valence-electron chi connectivity index (χ2n) is 13.6. The van der Waals surface area contributed by atoms with Crippen molar-refractivity contribution in [1.82, 2.24) is 9.80 Å². The summed E-state index contributed by atoms with van der Waals surface area (Å²) in [6.07, 6.45) is 11.2. The maximum absolute atomic E-state index is 13.2. The molecule has 2 aromatic rings. The molecule has 1 atom stereocenters. The van der Waals surface area contributed by atoms with Crippen molar-refractivity contribution in [2.24, 2.45) is 29.1 Å². The number of rotatable bonds is 9. The van der Waals surface area contributed by atoms with Gasteiger partial charge in [-0.1, -0.05) is 24.3 Å². The van der Waals surface area contributed by atoms with E-state index in [1.54, 1.807) is 0 Å². The molecule has 208 valence electrons. The van der Waals surface area contributed by atoms with Crippen LogP contribution in [0.4, 0.5) is 0 Å². The van der Waals surface area contributed by atoms with Crippen molar-refractivity contribution in [3.8, 4) is 0 Å². The van der Waals surface area contributed by atoms with Crippen molar-refractivity contribution in [2.75, 3.05) is 39.4 Å². The lowest BCUT2D eigenvalue weighted by Gasteiger charge is -2.57. The number of nitrogens with zero attached hydrogens (tertiary/aromatic N) is 2. The quantitative estimate of drug-likeness (QED) is 0.360. The molecular formula is C33H42N2O4. The molecule has 6 aliphatic rings. The van der Waals surface area contributed by atoms with E-state index in [1.807, 2.05) is 36.4 Å². The largest absolute Gasteiger partial charge is 0.389 e. The van der Waals surface area contributed by atoms with Crippen molar-refractivity contribution in [2.45, 2.75) is 63.9 Å². The lowest BCUT2D eigenvalue weighted by atomic mass is 9.49. The van der Waals surface area contributed by atoms with Gasteiger partial charge in [0, 0.05) is 36.2 Å². The second-order valence-corrected chi connectivity index (χ2v) is 13.6. The first-order valence-electron chi connectivity index (χ1n) is 15.3. The minimum absolute atomic E-state index is 0.173. The summed E-state index contributed by atoms with van der Waals surface area (Å²) in [7, 11) is 0. The number of ether oxygens (including phenoxy) is 1. The third kappa shape index (κ3) is 4.93. The van der Waals surface area contributed by atoms with Crippen molar-refractivity contribution in [1.29, 1.82) is 0 Å². The topological polar surface area (TPSA) is 70.1 Å². The average Bonchev–Trinajstić information content (AvgIpc) is 2.92. The first-order chi connectivity index (χ1) is 19.0. The molecular weight excluding hydrogens is 488 g/mol. The summed E-state index contributed by atoms with van der Waals surface area (Å²) in [5, 5.41) is 12.4. The fourth-order valence-electron chi connectivity index (χ4n) is 9.31. The molecule has 1 N–H and O–H groups in total. The van der Waals surface area contributed by atoms with Gasteiger partial charge in [-0.2, -0.15) is 0 Å². The van der Waals surface area contributed by atoms with Crippen LogP contribution in [0.1, 0.15) is 78.5 Å². The van der Waals surface area contributed by atoms with E-state index in [0.717, 1.165) is 61.1 Å². The minimum Gasteiger partial charge on any atom is -0.389 e. The molecule has 39 heavy (non-hydrogen) atoms. The first-order valence-corrected chi connectivity index (χ1v) is 15.3. The molecule has 2 heterocycles. The van der Waals surface area contributed by atoms with Crippen LogP contribution >= 0.6 is 0 Å². The van der Waals surface area contributed by atoms with Crippen molar-refractivity contribution >= 4 is 22.6 Å². The van der Waals surface area contributed by atoms with E-state index in [-0.39, 0.29) is 17.7 Å². The number of carbonyl (C=O) groups is 2. The fourth-order valence-corrected chi connectivity index (χ4v) is 9.31. The number of imide groups is 1. The smallest absolute Gasteiger partial charge is 0.261 e. The number of amides is 2. The van der Waals surface area contributed by atoms with E-state index < -0.39 is 6.10 Å². The maximum Gasteiger partial charge on any atom is 0.261 e. The lowest BCUT2D eigenvalue weighted by molar-refractivity contribution is -0.0743. The number of likely N-dealkylation sites (tertiary alicyclic amines) is 1. The number of β-amino-alcohol motifs (C(OH)–C–C–N with tert-alkyl or cyclic N) is 1. The third-order valence-electron chi connectivity index (χ3n) is 10.7. The predicted octanol–water partition coefficient (Wildman–Crippen LogP) is 5.13. The van der Waals surface area contributed by atoms with Gasteiger partial charge in [0.2, 0.25) is 0 Å². The Labute approximate surface area is 231 Å². The van der Waals surface area contributed by atoms with Gasteiger partial charge in [-0.25, -0.2) is 0 Å². The number of hydrogen-bond acceptors (Lipinski definition) is 5. The Kier molecular flexibility index (Phi) is 6.77. The molecule has 2 amide bonds. The number of piperidine rings is 1. The minimum atomic E-state index is -0.472. The highest BCUT2D eigenvalue weighted by atomic mass is 16.5. The van der Waals surface area contributed by atoms with Crippen LogP contribution in [0, 0.1) is 29.1 Å². The predicted molar refractivity (Wildman–Crippen MR) is 151 cm³/mol. The summed E-state index contributed by atoms with van der Waals surface area (Å²) in [6, 6.07) is 11.4. The van der Waals surface area contributed by atoms with Gasteiger partial charge in [-0.15, -0.1) is 0 Å². The number of carbonyl (C=O) groups excluding carboxylic acids is 2. The number of aliphatic hydroxyl groups is 1. The summed E-state index contributed by atoms with van der Waals surface area (Å²) in [5.74, 6) is 2.86. The fraction of sp³-hybridized carbons (Fsp3) is 0.636. The zero-order chi connectivity index (χ0) is 26.6. The maximum atomic E-state index is 13.2. The Balaban J connectivity index is 0.856. The van der Waals surface area contributed by atoms with Crippen LogP contribution in [-0.4, -0.2) is 72.2 Å². The average molecular weight is 531 g/mol. The summed E-state index contributed by atoms with van der Waals surface area (Å²) in [4.78, 5) is 30.3. The Morgan fingerprint density at radius 3 is 2.08 bits per heavy atom. The van der Waals surface area contributed by atoms with Gasteiger partial charge in [0.1, 0.15) is 0 Å². The van der Waals surface area contributed by atoms with Crippen molar-refractivity contribution in [3.63, 3.8) is 0 Å². The molecule has 8 rings (SSSR count). The highest BCUT2D eigenvalue weighted by Crippen LogP contribution is 2.61. The van der Waals surface area contributed by atoms with Gasteiger partial charge in [0.15, 0.2) is 0 Å². The van der Waals surface area contributed by atoms with Crippen LogP contribution in [0.25, 0.3) is 10.8 Å². The van der Waals surface area contributed by atoms with Crippen molar-refractivity contribution in [3.05, 3.63) is 47.5 Å². The van der Waals surface area contributed by atoms with Crippen LogP contribution in [-0.2, 0) is 4.74 Å². The molecule has 4 saturated carbocycles. The van der Waals surface area contributed by atoms with Crippen LogP contribution in [0.3, 0.4) is 0 Å². The SMILES string of the molecule is O=C1c2cccc3cccc(c23)C(=O)N1CC1CCN(C[C@@H](O)COCCC23CC4CC(CC(C4)C2)C3)CC1. The molecule has 2 aliphatic heterocycles. The van der Waals surface area contributed by atoms with Crippen LogP contribution in [0.5, 0.6) is 0 Å². The van der Waals surface area contributed by atoms with Gasteiger partial charge in [-0.05, 0) is 117 Å². The Morgan fingerprint density at radius 1 is 0.897 bits per heavy atom. The molecule has 1 saturated heterocycles. The second kappa shape index (κ2) is 10.3. The number of benzene rings is 2. The molecule has 6 nitrogen and oxygen atoms in total. The zero-order valence-electron chi connectivity index (χ0n) is 23.0. The molecule has 0 unspecified atom stereocenters. The Hall–Kier alpha value is -2.28. The van der Waals surface area contributed by atoms with Crippen molar-refractivity contribution < 1.29 is 19.4 Å². The van der Waals surface area contributed by atoms with E-state index >= 15 is 0 Å². The molecule has 5 fully saturated rings. The van der Waals surface area contributed by atoms with E-state index in [1.165, 1.54) is 49.8 Å². The molecule has 4 aliphatic carbocycles. The highest BCUT2D eigenvalue weighted by molar-refractivity contribution is 6.25. The summed E-state index contributed by atoms with van der Waals surface area (Å²) < 4.78 is 6.02.